The van der Waals surface area contributed by atoms with Crippen molar-refractivity contribution in [3.63, 3.8) is 0 Å². The van der Waals surface area contributed by atoms with Gasteiger partial charge in [0.25, 0.3) is 0 Å². The Labute approximate surface area is 119 Å². The second kappa shape index (κ2) is 5.23. The lowest BCUT2D eigenvalue weighted by molar-refractivity contribution is 0.0559. The summed E-state index contributed by atoms with van der Waals surface area (Å²) < 4.78 is 22.6. The molecule has 0 saturated heterocycles. The van der Waals surface area contributed by atoms with Crippen molar-refractivity contribution >= 4 is 21.4 Å². The van der Waals surface area contributed by atoms with Gasteiger partial charge in [0, 0.05) is 19.3 Å². The molecule has 20 heavy (non-hydrogen) atoms. The van der Waals surface area contributed by atoms with Gasteiger partial charge in [-0.25, -0.2) is 13.6 Å². The predicted octanol–water partition coefficient (Wildman–Crippen LogP) is 0.658. The fourth-order valence-electron chi connectivity index (χ4n) is 2.76. The molecule has 0 atom stereocenters. The zero-order valence-corrected chi connectivity index (χ0v) is 12.4. The molecule has 1 aliphatic carbocycles. The Morgan fingerprint density at radius 2 is 1.95 bits per heavy atom. The topological polar surface area (TPSA) is 110 Å². The summed E-state index contributed by atoms with van der Waals surface area (Å²) in [6.07, 6.45) is 3.66. The number of anilines is 2. The van der Waals surface area contributed by atoms with Gasteiger partial charge in [-0.3, -0.25) is 0 Å². The largest absolute Gasteiger partial charge is 0.398 e. The van der Waals surface area contributed by atoms with Crippen molar-refractivity contribution in [3.05, 3.63) is 18.2 Å². The number of rotatable bonds is 4. The molecule has 5 N–H and O–H groups in total. The molecule has 0 unspecified atom stereocenters. The fourth-order valence-corrected chi connectivity index (χ4v) is 3.40. The maximum absolute atomic E-state index is 11.3. The van der Waals surface area contributed by atoms with Crippen LogP contribution in [0.4, 0.5) is 11.4 Å². The maximum Gasteiger partial charge on any atom is 0.240 e. The van der Waals surface area contributed by atoms with Crippen molar-refractivity contribution in [2.24, 2.45) is 5.14 Å². The molecule has 1 aromatic carbocycles. The molecule has 0 spiro atoms. The Balaban J connectivity index is 2.19. The molecule has 0 aliphatic heterocycles. The van der Waals surface area contributed by atoms with Gasteiger partial charge in [0.2, 0.25) is 10.0 Å². The van der Waals surface area contributed by atoms with Crippen LogP contribution in [0.1, 0.15) is 25.7 Å². The van der Waals surface area contributed by atoms with E-state index in [1.54, 1.807) is 12.1 Å². The number of aliphatic hydroxyl groups is 1. The number of nitrogens with two attached hydrogens (primary N) is 2. The zero-order valence-electron chi connectivity index (χ0n) is 11.5. The normalized spacial score (nSPS) is 18.1. The highest BCUT2D eigenvalue weighted by Crippen LogP contribution is 2.32. The van der Waals surface area contributed by atoms with E-state index in [0.29, 0.717) is 6.54 Å². The van der Waals surface area contributed by atoms with Gasteiger partial charge in [0.05, 0.1) is 11.3 Å². The molecule has 1 aliphatic rings. The monoisotopic (exact) mass is 299 g/mol. The van der Waals surface area contributed by atoms with E-state index in [9.17, 15) is 13.5 Å². The Morgan fingerprint density at radius 3 is 2.45 bits per heavy atom. The van der Waals surface area contributed by atoms with Gasteiger partial charge < -0.3 is 15.7 Å². The van der Waals surface area contributed by atoms with Crippen molar-refractivity contribution in [2.45, 2.75) is 36.2 Å². The highest BCUT2D eigenvalue weighted by atomic mass is 32.2. The Kier molecular flexibility index (Phi) is 3.95. The summed E-state index contributed by atoms with van der Waals surface area (Å²) in [6.45, 7) is 0.501. The van der Waals surface area contributed by atoms with Crippen molar-refractivity contribution in [3.8, 4) is 0 Å². The molecule has 1 fully saturated rings. The minimum Gasteiger partial charge on any atom is -0.398 e. The number of sulfonamides is 1. The van der Waals surface area contributed by atoms with Crippen LogP contribution in [0.5, 0.6) is 0 Å². The lowest BCUT2D eigenvalue weighted by Crippen LogP contribution is -2.39. The number of likely N-dealkylation sites (N-methyl/N-ethyl adjacent to an activating group) is 1. The SMILES string of the molecule is CN(CC1(O)CCCC1)c1ccc(S(N)(=O)=O)c(N)c1. The highest BCUT2D eigenvalue weighted by molar-refractivity contribution is 7.89. The second-order valence-corrected chi connectivity index (χ2v) is 7.08. The number of nitrogen functional groups attached to an aromatic ring is 1. The van der Waals surface area contributed by atoms with E-state index in [1.165, 1.54) is 6.07 Å². The predicted molar refractivity (Wildman–Crippen MR) is 78.9 cm³/mol. The summed E-state index contributed by atoms with van der Waals surface area (Å²) in [6, 6.07) is 4.61. The van der Waals surface area contributed by atoms with Crippen LogP contribution >= 0.6 is 0 Å². The quantitative estimate of drug-likeness (QED) is 0.707. The number of nitrogens with zero attached hydrogens (tertiary/aromatic N) is 1. The first-order valence-electron chi connectivity index (χ1n) is 6.57. The Hall–Kier alpha value is -1.31. The summed E-state index contributed by atoms with van der Waals surface area (Å²) in [7, 11) is -1.95. The van der Waals surface area contributed by atoms with E-state index in [4.69, 9.17) is 10.9 Å². The van der Waals surface area contributed by atoms with Gasteiger partial charge in [-0.1, -0.05) is 12.8 Å². The third-order valence-electron chi connectivity index (χ3n) is 3.81. The molecule has 7 heteroatoms. The van der Waals surface area contributed by atoms with Crippen LogP contribution in [-0.2, 0) is 10.0 Å². The third kappa shape index (κ3) is 3.23. The van der Waals surface area contributed by atoms with E-state index >= 15 is 0 Å². The zero-order chi connectivity index (χ0) is 15.0. The van der Waals surface area contributed by atoms with Crippen LogP contribution in [0.15, 0.2) is 23.1 Å². The van der Waals surface area contributed by atoms with Crippen molar-refractivity contribution in [1.82, 2.24) is 0 Å². The minimum absolute atomic E-state index is 0.0748. The summed E-state index contributed by atoms with van der Waals surface area (Å²) in [5.74, 6) is 0. The summed E-state index contributed by atoms with van der Waals surface area (Å²) in [4.78, 5) is 1.81. The van der Waals surface area contributed by atoms with E-state index in [2.05, 4.69) is 0 Å². The average Bonchev–Trinajstić information content (AvgIpc) is 2.73. The van der Waals surface area contributed by atoms with Gasteiger partial charge in [0.15, 0.2) is 0 Å². The van der Waals surface area contributed by atoms with Crippen molar-refractivity contribution in [2.75, 3.05) is 24.2 Å². The molecule has 6 nitrogen and oxygen atoms in total. The Morgan fingerprint density at radius 1 is 1.35 bits per heavy atom. The molecule has 0 amide bonds. The first kappa shape index (κ1) is 15.1. The molecule has 112 valence electrons. The molecule has 0 aromatic heterocycles. The van der Waals surface area contributed by atoms with Crippen LogP contribution in [0.3, 0.4) is 0 Å². The molecule has 2 rings (SSSR count). The highest BCUT2D eigenvalue weighted by Gasteiger charge is 2.32. The maximum atomic E-state index is 11.3. The van der Waals surface area contributed by atoms with Crippen LogP contribution < -0.4 is 15.8 Å². The third-order valence-corrected chi connectivity index (χ3v) is 4.79. The van der Waals surface area contributed by atoms with Crippen LogP contribution in [0, 0.1) is 0 Å². The van der Waals surface area contributed by atoms with Gasteiger partial charge in [-0.2, -0.15) is 0 Å². The molecule has 0 heterocycles. The Bertz CT molecular complexity index is 595. The summed E-state index contributed by atoms with van der Waals surface area (Å²) >= 11 is 0. The smallest absolute Gasteiger partial charge is 0.240 e. The first-order chi connectivity index (χ1) is 9.21. The summed E-state index contributed by atoms with van der Waals surface area (Å²) in [5, 5.41) is 15.5. The molecule has 1 saturated carbocycles. The van der Waals surface area contributed by atoms with Crippen LogP contribution in [-0.4, -0.2) is 32.7 Å². The number of hydrogen-bond donors (Lipinski definition) is 3. The van der Waals surface area contributed by atoms with Crippen LogP contribution in [0.25, 0.3) is 0 Å². The molecule has 1 aromatic rings. The van der Waals surface area contributed by atoms with Gasteiger partial charge in [-0.05, 0) is 31.0 Å². The summed E-state index contributed by atoms with van der Waals surface area (Å²) in [5.41, 5.74) is 5.95. The van der Waals surface area contributed by atoms with Gasteiger partial charge in [-0.15, -0.1) is 0 Å². The van der Waals surface area contributed by atoms with Crippen molar-refractivity contribution in [1.29, 1.82) is 0 Å². The van der Waals surface area contributed by atoms with Crippen molar-refractivity contribution < 1.29 is 13.5 Å². The second-order valence-electron chi connectivity index (χ2n) is 5.55. The molecule has 0 radical (unpaired) electrons. The molecule has 0 bridgehead atoms. The van der Waals surface area contributed by atoms with Crippen LogP contribution in [0.2, 0.25) is 0 Å². The molecular formula is C13H21N3O3S. The fraction of sp³-hybridized carbons (Fsp3) is 0.538. The number of hydrogen-bond acceptors (Lipinski definition) is 5. The van der Waals surface area contributed by atoms with E-state index in [-0.39, 0.29) is 10.6 Å². The average molecular weight is 299 g/mol. The van der Waals surface area contributed by atoms with Gasteiger partial charge >= 0.3 is 0 Å². The van der Waals surface area contributed by atoms with E-state index in [1.807, 2.05) is 11.9 Å². The standard InChI is InChI=1S/C13H21N3O3S/c1-16(9-13(17)6-2-3-7-13)10-4-5-12(11(14)8-10)20(15,18)19/h4-5,8,17H,2-3,6-7,9,14H2,1H3,(H2,15,18,19). The van der Waals surface area contributed by atoms with E-state index in [0.717, 1.165) is 31.4 Å². The van der Waals surface area contributed by atoms with E-state index < -0.39 is 15.6 Å². The molecular weight excluding hydrogens is 278 g/mol. The van der Waals surface area contributed by atoms with Gasteiger partial charge in [0.1, 0.15) is 4.90 Å². The minimum atomic E-state index is -3.80. The number of benzene rings is 1. The first-order valence-corrected chi connectivity index (χ1v) is 8.12. The lowest BCUT2D eigenvalue weighted by atomic mass is 10.0. The lowest BCUT2D eigenvalue weighted by Gasteiger charge is -2.30. The number of primary sulfonamides is 1.